The molecule has 1 rings (SSSR count). The highest BCUT2D eigenvalue weighted by Crippen LogP contribution is 2.09. The lowest BCUT2D eigenvalue weighted by atomic mass is 10.0. The van der Waals surface area contributed by atoms with Crippen molar-refractivity contribution in [3.8, 4) is 0 Å². The fraction of sp³-hybridized carbons (Fsp3) is 0.455. The van der Waals surface area contributed by atoms with Gasteiger partial charge in [0.25, 0.3) is 0 Å². The molecule has 0 spiro atoms. The zero-order chi connectivity index (χ0) is 9.52. The molecule has 72 valence electrons. The number of hydrogen-bond acceptors (Lipinski definition) is 1. The van der Waals surface area contributed by atoms with Crippen LogP contribution >= 0.6 is 0 Å². The summed E-state index contributed by atoms with van der Waals surface area (Å²) in [6, 6.07) is 10.1. The van der Waals surface area contributed by atoms with Gasteiger partial charge in [0.1, 0.15) is 0 Å². The number of aryl methyl sites for hydroxylation is 1. The fourth-order valence-corrected chi connectivity index (χ4v) is 1.27. The third-order valence-corrected chi connectivity index (χ3v) is 2.24. The molecule has 0 radical (unpaired) electrons. The highest BCUT2D eigenvalue weighted by molar-refractivity contribution is 5.14. The van der Waals surface area contributed by atoms with Crippen molar-refractivity contribution in [2.24, 2.45) is 11.7 Å². The summed E-state index contributed by atoms with van der Waals surface area (Å²) < 4.78 is 12.3. The second-order valence-electron chi connectivity index (χ2n) is 3.28. The Hall–Kier alpha value is -0.890. The van der Waals surface area contributed by atoms with Crippen LogP contribution in [0.25, 0.3) is 0 Å². The molecule has 1 nitrogen and oxygen atoms in total. The summed E-state index contributed by atoms with van der Waals surface area (Å²) in [5, 5.41) is 0. The molecule has 1 atom stereocenters. The zero-order valence-electron chi connectivity index (χ0n) is 7.75. The van der Waals surface area contributed by atoms with Crippen molar-refractivity contribution in [2.75, 3.05) is 13.2 Å². The normalized spacial score (nSPS) is 12.8. The molecule has 13 heavy (non-hydrogen) atoms. The lowest BCUT2D eigenvalue weighted by Gasteiger charge is -2.09. The summed E-state index contributed by atoms with van der Waals surface area (Å²) in [6.45, 7) is 0.146. The van der Waals surface area contributed by atoms with E-state index in [0.29, 0.717) is 6.54 Å². The van der Waals surface area contributed by atoms with Gasteiger partial charge < -0.3 is 5.73 Å². The van der Waals surface area contributed by atoms with E-state index in [9.17, 15) is 4.39 Å². The number of halogens is 1. The van der Waals surface area contributed by atoms with Gasteiger partial charge in [0.2, 0.25) is 0 Å². The Kier molecular flexibility index (Phi) is 4.47. The van der Waals surface area contributed by atoms with Crippen molar-refractivity contribution in [3.63, 3.8) is 0 Å². The monoisotopic (exact) mass is 181 g/mol. The molecule has 2 heteroatoms. The molecule has 0 bridgehead atoms. The predicted octanol–water partition coefficient (Wildman–Crippen LogP) is 2.16. The van der Waals surface area contributed by atoms with Crippen LogP contribution < -0.4 is 5.73 Å². The van der Waals surface area contributed by atoms with Crippen LogP contribution in [0.1, 0.15) is 12.0 Å². The van der Waals surface area contributed by atoms with E-state index in [1.165, 1.54) is 5.56 Å². The summed E-state index contributed by atoms with van der Waals surface area (Å²) >= 11 is 0. The Morgan fingerprint density at radius 2 is 1.92 bits per heavy atom. The van der Waals surface area contributed by atoms with Crippen molar-refractivity contribution >= 4 is 0 Å². The Morgan fingerprint density at radius 1 is 1.23 bits per heavy atom. The largest absolute Gasteiger partial charge is 0.330 e. The Labute approximate surface area is 78.8 Å². The fourth-order valence-electron chi connectivity index (χ4n) is 1.27. The highest BCUT2D eigenvalue weighted by Gasteiger charge is 2.05. The molecular formula is C11H16FN. The van der Waals surface area contributed by atoms with E-state index in [4.69, 9.17) is 5.73 Å². The molecule has 0 aliphatic rings. The molecule has 0 saturated carbocycles. The van der Waals surface area contributed by atoms with E-state index < -0.39 is 0 Å². The average Bonchev–Trinajstić information content (AvgIpc) is 2.21. The van der Waals surface area contributed by atoms with Gasteiger partial charge in [0, 0.05) is 0 Å². The third-order valence-electron chi connectivity index (χ3n) is 2.24. The van der Waals surface area contributed by atoms with Gasteiger partial charge in [-0.15, -0.1) is 0 Å². The van der Waals surface area contributed by atoms with Crippen LogP contribution in [-0.4, -0.2) is 13.2 Å². The highest BCUT2D eigenvalue weighted by atomic mass is 19.1. The first kappa shape index (κ1) is 10.2. The summed E-state index contributed by atoms with van der Waals surface area (Å²) in [5.74, 6) is 0.0280. The maximum absolute atomic E-state index is 12.3. The molecule has 0 aromatic heterocycles. The van der Waals surface area contributed by atoms with Crippen molar-refractivity contribution in [3.05, 3.63) is 35.9 Å². The van der Waals surface area contributed by atoms with Gasteiger partial charge in [-0.25, -0.2) is 0 Å². The van der Waals surface area contributed by atoms with Gasteiger partial charge in [0.05, 0.1) is 6.67 Å². The average molecular weight is 181 g/mol. The second kappa shape index (κ2) is 5.70. The Balaban J connectivity index is 2.34. The van der Waals surface area contributed by atoms with E-state index in [2.05, 4.69) is 12.1 Å². The van der Waals surface area contributed by atoms with Crippen molar-refractivity contribution < 1.29 is 4.39 Å². The maximum atomic E-state index is 12.3. The van der Waals surface area contributed by atoms with Crippen LogP contribution in [0.5, 0.6) is 0 Å². The predicted molar refractivity (Wildman–Crippen MR) is 53.3 cm³/mol. The first-order valence-corrected chi connectivity index (χ1v) is 4.66. The molecule has 0 fully saturated rings. The van der Waals surface area contributed by atoms with Crippen molar-refractivity contribution in [1.82, 2.24) is 0 Å². The number of hydrogen-bond donors (Lipinski definition) is 1. The lowest BCUT2D eigenvalue weighted by molar-refractivity contribution is 0.350. The molecular weight excluding hydrogens is 165 g/mol. The lowest BCUT2D eigenvalue weighted by Crippen LogP contribution is -2.16. The van der Waals surface area contributed by atoms with E-state index in [1.54, 1.807) is 0 Å². The van der Waals surface area contributed by atoms with Gasteiger partial charge in [-0.1, -0.05) is 30.3 Å². The van der Waals surface area contributed by atoms with Gasteiger partial charge in [-0.2, -0.15) is 0 Å². The third kappa shape index (κ3) is 3.55. The number of nitrogens with two attached hydrogens (primary N) is 1. The van der Waals surface area contributed by atoms with E-state index in [0.717, 1.165) is 12.8 Å². The van der Waals surface area contributed by atoms with Crippen molar-refractivity contribution in [2.45, 2.75) is 12.8 Å². The smallest absolute Gasteiger partial charge is 0.0934 e. The molecule has 1 aromatic carbocycles. The minimum absolute atomic E-state index is 0.0280. The van der Waals surface area contributed by atoms with Crippen LogP contribution in [0.15, 0.2) is 30.3 Å². The summed E-state index contributed by atoms with van der Waals surface area (Å²) in [7, 11) is 0. The summed E-state index contributed by atoms with van der Waals surface area (Å²) in [4.78, 5) is 0. The number of benzene rings is 1. The van der Waals surface area contributed by atoms with Crippen LogP contribution in [0, 0.1) is 5.92 Å². The van der Waals surface area contributed by atoms with Gasteiger partial charge >= 0.3 is 0 Å². The molecule has 0 heterocycles. The topological polar surface area (TPSA) is 26.0 Å². The minimum atomic E-state index is -0.302. The molecule has 0 saturated heterocycles. The number of rotatable bonds is 5. The first-order chi connectivity index (χ1) is 6.36. The number of alkyl halides is 1. The quantitative estimate of drug-likeness (QED) is 0.740. The maximum Gasteiger partial charge on any atom is 0.0934 e. The molecule has 1 unspecified atom stereocenters. The van der Waals surface area contributed by atoms with Gasteiger partial charge in [-0.05, 0) is 30.9 Å². The second-order valence-corrected chi connectivity index (χ2v) is 3.28. The molecule has 1 aromatic rings. The van der Waals surface area contributed by atoms with E-state index >= 15 is 0 Å². The van der Waals surface area contributed by atoms with E-state index in [-0.39, 0.29) is 12.6 Å². The molecule has 2 N–H and O–H groups in total. The standard InChI is InChI=1S/C11H16FN/c12-8-11(9-13)7-6-10-4-2-1-3-5-10/h1-5,11H,6-9,13H2. The Morgan fingerprint density at radius 3 is 2.46 bits per heavy atom. The van der Waals surface area contributed by atoms with E-state index in [1.807, 2.05) is 18.2 Å². The summed E-state index contributed by atoms with van der Waals surface area (Å²) in [6.07, 6.45) is 1.77. The first-order valence-electron chi connectivity index (χ1n) is 4.66. The van der Waals surface area contributed by atoms with Crippen LogP contribution in [0.3, 0.4) is 0 Å². The zero-order valence-corrected chi connectivity index (χ0v) is 7.75. The summed E-state index contributed by atoms with van der Waals surface area (Å²) in [5.41, 5.74) is 6.67. The SMILES string of the molecule is NCC(CF)CCc1ccccc1. The van der Waals surface area contributed by atoms with Crippen LogP contribution in [0.4, 0.5) is 4.39 Å². The van der Waals surface area contributed by atoms with Crippen LogP contribution in [0.2, 0.25) is 0 Å². The minimum Gasteiger partial charge on any atom is -0.330 e. The molecule has 0 aliphatic carbocycles. The molecule has 0 aliphatic heterocycles. The van der Waals surface area contributed by atoms with Gasteiger partial charge in [0.15, 0.2) is 0 Å². The van der Waals surface area contributed by atoms with Crippen LogP contribution in [-0.2, 0) is 6.42 Å². The van der Waals surface area contributed by atoms with Crippen molar-refractivity contribution in [1.29, 1.82) is 0 Å². The Bertz CT molecular complexity index is 219. The van der Waals surface area contributed by atoms with Gasteiger partial charge in [-0.3, -0.25) is 4.39 Å². The molecule has 0 amide bonds.